The first-order chi connectivity index (χ1) is 9.68. The van der Waals surface area contributed by atoms with Crippen molar-refractivity contribution in [1.82, 2.24) is 0 Å². The molecule has 0 saturated heterocycles. The number of benzene rings is 2. The van der Waals surface area contributed by atoms with E-state index in [-0.39, 0.29) is 5.91 Å². The second-order valence-electron chi connectivity index (χ2n) is 4.42. The largest absolute Gasteiger partial charge is 0.491 e. The summed E-state index contributed by atoms with van der Waals surface area (Å²) in [5.74, 6) is 0.619. The Kier molecular flexibility index (Phi) is 4.60. The van der Waals surface area contributed by atoms with Crippen molar-refractivity contribution in [1.29, 1.82) is 0 Å². The van der Waals surface area contributed by atoms with Crippen molar-refractivity contribution >= 4 is 17.3 Å². The van der Waals surface area contributed by atoms with Crippen molar-refractivity contribution < 1.29 is 9.53 Å². The molecule has 1 amide bonds. The van der Waals surface area contributed by atoms with Crippen molar-refractivity contribution in [2.75, 3.05) is 24.3 Å². The average Bonchev–Trinajstić information content (AvgIpc) is 2.49. The fourth-order valence-electron chi connectivity index (χ4n) is 1.82. The zero-order valence-electron chi connectivity index (χ0n) is 11.5. The molecule has 4 heteroatoms. The van der Waals surface area contributed by atoms with E-state index >= 15 is 0 Å². The van der Waals surface area contributed by atoms with Gasteiger partial charge in [0.1, 0.15) is 5.75 Å². The highest BCUT2D eigenvalue weighted by atomic mass is 16.5. The SMILES string of the molecule is CN(C(=O)CCOc1ccccc1N)c1ccccc1. The Bertz CT molecular complexity index is 570. The van der Waals surface area contributed by atoms with Crippen LogP contribution in [0, 0.1) is 0 Å². The van der Waals surface area contributed by atoms with Gasteiger partial charge < -0.3 is 15.4 Å². The molecule has 0 saturated carbocycles. The highest BCUT2D eigenvalue weighted by molar-refractivity contribution is 5.92. The van der Waals surface area contributed by atoms with Crippen LogP contribution in [0.1, 0.15) is 6.42 Å². The van der Waals surface area contributed by atoms with Crippen LogP contribution in [-0.4, -0.2) is 19.6 Å². The molecule has 4 nitrogen and oxygen atoms in total. The molecule has 0 spiro atoms. The van der Waals surface area contributed by atoms with Crippen molar-refractivity contribution in [2.45, 2.75) is 6.42 Å². The van der Waals surface area contributed by atoms with E-state index in [1.54, 1.807) is 24.1 Å². The van der Waals surface area contributed by atoms with Crippen molar-refractivity contribution in [2.24, 2.45) is 0 Å². The predicted molar refractivity (Wildman–Crippen MR) is 80.8 cm³/mol. The molecule has 104 valence electrons. The fraction of sp³-hybridized carbons (Fsp3) is 0.188. The number of hydrogen-bond donors (Lipinski definition) is 1. The van der Waals surface area contributed by atoms with E-state index in [1.165, 1.54) is 0 Å². The number of nitrogens with two attached hydrogens (primary N) is 1. The van der Waals surface area contributed by atoms with Crippen LogP contribution in [0.25, 0.3) is 0 Å². The first-order valence-electron chi connectivity index (χ1n) is 6.47. The predicted octanol–water partition coefficient (Wildman–Crippen LogP) is 2.70. The normalized spacial score (nSPS) is 10.1. The molecule has 0 aliphatic heterocycles. The summed E-state index contributed by atoms with van der Waals surface area (Å²) in [5.41, 5.74) is 7.22. The summed E-state index contributed by atoms with van der Waals surface area (Å²) < 4.78 is 5.52. The van der Waals surface area contributed by atoms with Gasteiger partial charge in [-0.1, -0.05) is 30.3 Å². The lowest BCUT2D eigenvalue weighted by Crippen LogP contribution is -2.27. The summed E-state index contributed by atoms with van der Waals surface area (Å²) in [7, 11) is 1.76. The number of carbonyl (C=O) groups is 1. The molecule has 2 aromatic rings. The molecule has 0 heterocycles. The standard InChI is InChI=1S/C16H18N2O2/c1-18(13-7-3-2-4-8-13)16(19)11-12-20-15-10-6-5-9-14(15)17/h2-10H,11-12,17H2,1H3. The summed E-state index contributed by atoms with van der Waals surface area (Å²) in [6.45, 7) is 0.310. The van der Waals surface area contributed by atoms with Gasteiger partial charge in [0, 0.05) is 12.7 Å². The van der Waals surface area contributed by atoms with Crippen LogP contribution in [0.15, 0.2) is 54.6 Å². The Balaban J connectivity index is 1.85. The minimum absolute atomic E-state index is 0.00528. The van der Waals surface area contributed by atoms with Gasteiger partial charge in [-0.15, -0.1) is 0 Å². The Hall–Kier alpha value is -2.49. The van der Waals surface area contributed by atoms with E-state index in [2.05, 4.69) is 0 Å². The number of hydrogen-bond acceptors (Lipinski definition) is 3. The van der Waals surface area contributed by atoms with E-state index in [4.69, 9.17) is 10.5 Å². The molecule has 0 aliphatic rings. The summed E-state index contributed by atoms with van der Waals surface area (Å²) in [5, 5.41) is 0. The van der Waals surface area contributed by atoms with Crippen LogP contribution >= 0.6 is 0 Å². The number of amides is 1. The van der Waals surface area contributed by atoms with Crippen LogP contribution in [0.3, 0.4) is 0 Å². The molecular weight excluding hydrogens is 252 g/mol. The third-order valence-corrected chi connectivity index (χ3v) is 3.01. The van der Waals surface area contributed by atoms with Gasteiger partial charge in [0.05, 0.1) is 18.7 Å². The van der Waals surface area contributed by atoms with Gasteiger partial charge in [-0.05, 0) is 24.3 Å². The first-order valence-corrected chi connectivity index (χ1v) is 6.47. The molecule has 0 bridgehead atoms. The molecule has 2 aromatic carbocycles. The van der Waals surface area contributed by atoms with Crippen LogP contribution in [-0.2, 0) is 4.79 Å². The van der Waals surface area contributed by atoms with Gasteiger partial charge >= 0.3 is 0 Å². The number of anilines is 2. The maximum absolute atomic E-state index is 12.0. The average molecular weight is 270 g/mol. The highest BCUT2D eigenvalue weighted by Crippen LogP contribution is 2.20. The molecule has 0 aromatic heterocycles. The minimum atomic E-state index is 0.00528. The number of rotatable bonds is 5. The van der Waals surface area contributed by atoms with Crippen LogP contribution in [0.5, 0.6) is 5.75 Å². The molecule has 0 atom stereocenters. The van der Waals surface area contributed by atoms with Gasteiger partial charge in [-0.2, -0.15) is 0 Å². The van der Waals surface area contributed by atoms with E-state index in [0.29, 0.717) is 24.5 Å². The molecule has 0 radical (unpaired) electrons. The van der Waals surface area contributed by atoms with E-state index < -0.39 is 0 Å². The van der Waals surface area contributed by atoms with Gasteiger partial charge in [0.15, 0.2) is 0 Å². The molecular formula is C16H18N2O2. The van der Waals surface area contributed by atoms with Crippen molar-refractivity contribution in [3.05, 3.63) is 54.6 Å². The molecule has 0 fully saturated rings. The zero-order chi connectivity index (χ0) is 14.4. The molecule has 0 unspecified atom stereocenters. The number of nitrogen functional groups attached to an aromatic ring is 1. The Morgan fingerprint density at radius 3 is 2.45 bits per heavy atom. The fourth-order valence-corrected chi connectivity index (χ4v) is 1.82. The number of nitrogens with zero attached hydrogens (tertiary/aromatic N) is 1. The second-order valence-corrected chi connectivity index (χ2v) is 4.42. The van der Waals surface area contributed by atoms with Crippen molar-refractivity contribution in [3.8, 4) is 5.75 Å². The number of carbonyl (C=O) groups excluding carboxylic acids is 1. The molecule has 20 heavy (non-hydrogen) atoms. The third-order valence-electron chi connectivity index (χ3n) is 3.01. The molecule has 2 rings (SSSR count). The Labute approximate surface area is 118 Å². The lowest BCUT2D eigenvalue weighted by Gasteiger charge is -2.17. The maximum Gasteiger partial charge on any atom is 0.230 e. The lowest BCUT2D eigenvalue weighted by molar-refractivity contribution is -0.118. The monoisotopic (exact) mass is 270 g/mol. The first kappa shape index (κ1) is 13.9. The van der Waals surface area contributed by atoms with Crippen LogP contribution < -0.4 is 15.4 Å². The van der Waals surface area contributed by atoms with Gasteiger partial charge in [0.25, 0.3) is 0 Å². The maximum atomic E-state index is 12.0. The highest BCUT2D eigenvalue weighted by Gasteiger charge is 2.10. The smallest absolute Gasteiger partial charge is 0.230 e. The summed E-state index contributed by atoms with van der Waals surface area (Å²) >= 11 is 0. The minimum Gasteiger partial charge on any atom is -0.491 e. The zero-order valence-corrected chi connectivity index (χ0v) is 11.5. The quantitative estimate of drug-likeness (QED) is 0.850. The van der Waals surface area contributed by atoms with E-state index in [9.17, 15) is 4.79 Å². The van der Waals surface area contributed by atoms with Gasteiger partial charge in [-0.25, -0.2) is 0 Å². The Morgan fingerprint density at radius 2 is 1.75 bits per heavy atom. The molecule has 0 aliphatic carbocycles. The van der Waals surface area contributed by atoms with Gasteiger partial charge in [0.2, 0.25) is 5.91 Å². The topological polar surface area (TPSA) is 55.6 Å². The number of para-hydroxylation sites is 3. The summed E-state index contributed by atoms with van der Waals surface area (Å²) in [6.07, 6.45) is 0.305. The second kappa shape index (κ2) is 6.61. The van der Waals surface area contributed by atoms with E-state index in [0.717, 1.165) is 5.69 Å². The van der Waals surface area contributed by atoms with Crippen molar-refractivity contribution in [3.63, 3.8) is 0 Å². The van der Waals surface area contributed by atoms with Gasteiger partial charge in [-0.3, -0.25) is 4.79 Å². The summed E-state index contributed by atoms with van der Waals surface area (Å²) in [6, 6.07) is 16.8. The van der Waals surface area contributed by atoms with E-state index in [1.807, 2.05) is 42.5 Å². The summed E-state index contributed by atoms with van der Waals surface area (Å²) in [4.78, 5) is 13.7. The van der Waals surface area contributed by atoms with Crippen LogP contribution in [0.4, 0.5) is 11.4 Å². The van der Waals surface area contributed by atoms with Crippen LogP contribution in [0.2, 0.25) is 0 Å². The lowest BCUT2D eigenvalue weighted by atomic mass is 10.3. The molecule has 2 N–H and O–H groups in total. The Morgan fingerprint density at radius 1 is 1.10 bits per heavy atom. The number of ether oxygens (including phenoxy) is 1. The third kappa shape index (κ3) is 3.51.